The third-order valence-electron chi connectivity index (χ3n) is 3.16. The molecule has 1 atom stereocenters. The van der Waals surface area contributed by atoms with E-state index in [9.17, 15) is 9.59 Å². The van der Waals surface area contributed by atoms with Crippen molar-refractivity contribution in [2.45, 2.75) is 39.3 Å². The first-order valence-corrected chi connectivity index (χ1v) is 6.49. The van der Waals surface area contributed by atoms with Crippen molar-refractivity contribution < 1.29 is 9.21 Å². The van der Waals surface area contributed by atoms with E-state index < -0.39 is 5.76 Å². The fourth-order valence-corrected chi connectivity index (χ4v) is 1.89. The molecule has 0 fully saturated rings. The average Bonchev–Trinajstić information content (AvgIpc) is 2.71. The van der Waals surface area contributed by atoms with Gasteiger partial charge in [0.05, 0.1) is 5.52 Å². The number of benzene rings is 1. The minimum atomic E-state index is -0.419. The molecule has 1 heterocycles. The van der Waals surface area contributed by atoms with E-state index >= 15 is 0 Å². The molecular weight excluding hydrogens is 244 g/mol. The van der Waals surface area contributed by atoms with Crippen LogP contribution in [0.2, 0.25) is 0 Å². The van der Waals surface area contributed by atoms with Gasteiger partial charge in [0.25, 0.3) is 0 Å². The quantitative estimate of drug-likeness (QED) is 0.895. The highest BCUT2D eigenvalue weighted by molar-refractivity contribution is 5.77. The number of para-hydroxylation sites is 2. The normalized spacial score (nSPS) is 12.5. The highest BCUT2D eigenvalue weighted by Gasteiger charge is 2.11. The highest BCUT2D eigenvalue weighted by Crippen LogP contribution is 2.11. The molecule has 0 saturated heterocycles. The number of nitrogens with one attached hydrogen (secondary N) is 1. The summed E-state index contributed by atoms with van der Waals surface area (Å²) < 4.78 is 6.60. The van der Waals surface area contributed by atoms with Crippen LogP contribution in [0.15, 0.2) is 33.5 Å². The molecule has 1 aromatic heterocycles. The summed E-state index contributed by atoms with van der Waals surface area (Å²) in [5, 5.41) is 2.87. The summed E-state index contributed by atoms with van der Waals surface area (Å²) in [6, 6.07) is 7.36. The molecule has 102 valence electrons. The predicted octanol–water partition coefficient (Wildman–Crippen LogP) is 1.90. The van der Waals surface area contributed by atoms with Crippen LogP contribution in [0.5, 0.6) is 0 Å². The summed E-state index contributed by atoms with van der Waals surface area (Å²) in [6.07, 6.45) is 1.16. The number of amides is 1. The number of carbonyl (C=O) groups is 1. The van der Waals surface area contributed by atoms with E-state index in [0.717, 1.165) is 11.9 Å². The van der Waals surface area contributed by atoms with Gasteiger partial charge in [-0.3, -0.25) is 9.36 Å². The van der Waals surface area contributed by atoms with Crippen LogP contribution in [0.4, 0.5) is 0 Å². The second kappa shape index (κ2) is 5.73. The Kier molecular flexibility index (Phi) is 4.04. The largest absolute Gasteiger partial charge is 0.419 e. The second-order valence-corrected chi connectivity index (χ2v) is 4.61. The van der Waals surface area contributed by atoms with Gasteiger partial charge in [-0.25, -0.2) is 4.79 Å². The Morgan fingerprint density at radius 1 is 1.42 bits per heavy atom. The van der Waals surface area contributed by atoms with Crippen molar-refractivity contribution in [3.8, 4) is 0 Å². The number of hydrogen-bond donors (Lipinski definition) is 1. The fourth-order valence-electron chi connectivity index (χ4n) is 1.89. The number of aromatic nitrogens is 1. The Balaban J connectivity index is 2.08. The van der Waals surface area contributed by atoms with Gasteiger partial charge >= 0.3 is 5.76 Å². The van der Waals surface area contributed by atoms with Gasteiger partial charge in [0, 0.05) is 19.0 Å². The van der Waals surface area contributed by atoms with Crippen LogP contribution in [-0.4, -0.2) is 16.5 Å². The maximum absolute atomic E-state index is 11.7. The van der Waals surface area contributed by atoms with Crippen LogP contribution in [0.1, 0.15) is 26.7 Å². The number of carbonyl (C=O) groups excluding carboxylic acids is 1. The zero-order valence-electron chi connectivity index (χ0n) is 11.2. The molecule has 1 amide bonds. The van der Waals surface area contributed by atoms with Gasteiger partial charge in [0.2, 0.25) is 5.91 Å². The number of hydrogen-bond acceptors (Lipinski definition) is 3. The van der Waals surface area contributed by atoms with Crippen LogP contribution >= 0.6 is 0 Å². The van der Waals surface area contributed by atoms with E-state index in [4.69, 9.17) is 4.42 Å². The molecule has 19 heavy (non-hydrogen) atoms. The maximum atomic E-state index is 11.7. The molecule has 0 radical (unpaired) electrons. The lowest BCUT2D eigenvalue weighted by molar-refractivity contribution is -0.121. The predicted molar refractivity (Wildman–Crippen MR) is 73.0 cm³/mol. The molecule has 2 aromatic rings. The maximum Gasteiger partial charge on any atom is 0.419 e. The summed E-state index contributed by atoms with van der Waals surface area (Å²) in [6.45, 7) is 4.30. The summed E-state index contributed by atoms with van der Waals surface area (Å²) in [5.74, 6) is -0.468. The Morgan fingerprint density at radius 3 is 2.89 bits per heavy atom. The standard InChI is InChI=1S/C14H18N2O3/c1-3-10(2)15-13(17)8-9-16-11-6-4-5-7-12(11)19-14(16)18/h4-7,10H,3,8-9H2,1-2H3,(H,15,17). The van der Waals surface area contributed by atoms with E-state index in [1.807, 2.05) is 32.0 Å². The monoisotopic (exact) mass is 262 g/mol. The summed E-state index contributed by atoms with van der Waals surface area (Å²) in [7, 11) is 0. The van der Waals surface area contributed by atoms with Crippen molar-refractivity contribution in [2.24, 2.45) is 0 Å². The van der Waals surface area contributed by atoms with Crippen molar-refractivity contribution in [3.63, 3.8) is 0 Å². The second-order valence-electron chi connectivity index (χ2n) is 4.61. The Hall–Kier alpha value is -2.04. The van der Waals surface area contributed by atoms with Gasteiger partial charge in [-0.1, -0.05) is 19.1 Å². The van der Waals surface area contributed by atoms with Gasteiger partial charge in [0.1, 0.15) is 0 Å². The van der Waals surface area contributed by atoms with E-state index in [0.29, 0.717) is 12.1 Å². The molecule has 0 spiro atoms. The summed E-state index contributed by atoms with van der Waals surface area (Å²) in [5.41, 5.74) is 1.28. The lowest BCUT2D eigenvalue weighted by Gasteiger charge is -2.11. The molecule has 0 aliphatic heterocycles. The van der Waals surface area contributed by atoms with Crippen molar-refractivity contribution >= 4 is 17.0 Å². The van der Waals surface area contributed by atoms with Crippen molar-refractivity contribution in [2.75, 3.05) is 0 Å². The first-order valence-electron chi connectivity index (χ1n) is 6.49. The van der Waals surface area contributed by atoms with Gasteiger partial charge in [0.15, 0.2) is 5.58 Å². The van der Waals surface area contributed by atoms with Crippen LogP contribution in [0.3, 0.4) is 0 Å². The Bertz CT molecular complexity index is 627. The highest BCUT2D eigenvalue weighted by atomic mass is 16.4. The van der Waals surface area contributed by atoms with Crippen molar-refractivity contribution in [1.82, 2.24) is 9.88 Å². The van der Waals surface area contributed by atoms with Gasteiger partial charge in [-0.15, -0.1) is 0 Å². The third-order valence-corrected chi connectivity index (χ3v) is 3.16. The zero-order valence-corrected chi connectivity index (χ0v) is 11.2. The number of rotatable bonds is 5. The van der Waals surface area contributed by atoms with Crippen molar-refractivity contribution in [1.29, 1.82) is 0 Å². The lowest BCUT2D eigenvalue weighted by Crippen LogP contribution is -2.33. The Morgan fingerprint density at radius 2 is 2.16 bits per heavy atom. The molecule has 0 bridgehead atoms. The van der Waals surface area contributed by atoms with Crippen LogP contribution in [0, 0.1) is 0 Å². The van der Waals surface area contributed by atoms with E-state index in [1.54, 1.807) is 6.07 Å². The summed E-state index contributed by atoms with van der Waals surface area (Å²) >= 11 is 0. The molecule has 1 N–H and O–H groups in total. The lowest BCUT2D eigenvalue weighted by atomic mass is 10.2. The molecule has 0 aliphatic rings. The van der Waals surface area contributed by atoms with Crippen molar-refractivity contribution in [3.05, 3.63) is 34.8 Å². The minimum absolute atomic E-state index is 0.0495. The summed E-state index contributed by atoms with van der Waals surface area (Å²) in [4.78, 5) is 23.4. The number of nitrogens with zero attached hydrogens (tertiary/aromatic N) is 1. The molecule has 2 rings (SSSR count). The smallest absolute Gasteiger partial charge is 0.408 e. The first-order chi connectivity index (χ1) is 9.11. The first kappa shape index (κ1) is 13.4. The zero-order chi connectivity index (χ0) is 13.8. The van der Waals surface area contributed by atoms with Gasteiger partial charge in [-0.05, 0) is 25.5 Å². The number of oxazole rings is 1. The molecular formula is C14H18N2O3. The fraction of sp³-hybridized carbons (Fsp3) is 0.429. The van der Waals surface area contributed by atoms with E-state index in [2.05, 4.69) is 5.32 Å². The van der Waals surface area contributed by atoms with E-state index in [-0.39, 0.29) is 18.4 Å². The molecule has 0 aliphatic carbocycles. The van der Waals surface area contributed by atoms with Crippen LogP contribution < -0.4 is 11.1 Å². The molecule has 1 unspecified atom stereocenters. The molecule has 5 heteroatoms. The van der Waals surface area contributed by atoms with Crippen LogP contribution in [-0.2, 0) is 11.3 Å². The van der Waals surface area contributed by atoms with E-state index in [1.165, 1.54) is 4.57 Å². The molecule has 0 saturated carbocycles. The van der Waals surface area contributed by atoms with Gasteiger partial charge < -0.3 is 9.73 Å². The molecule has 5 nitrogen and oxygen atoms in total. The van der Waals surface area contributed by atoms with Gasteiger partial charge in [-0.2, -0.15) is 0 Å². The van der Waals surface area contributed by atoms with Crippen LogP contribution in [0.25, 0.3) is 11.1 Å². The Labute approximate surface area is 111 Å². The topological polar surface area (TPSA) is 64.2 Å². The molecule has 1 aromatic carbocycles. The average molecular weight is 262 g/mol. The third kappa shape index (κ3) is 3.05. The minimum Gasteiger partial charge on any atom is -0.408 e. The number of fused-ring (bicyclic) bond motifs is 1. The number of aryl methyl sites for hydroxylation is 1. The SMILES string of the molecule is CCC(C)NC(=O)CCn1c(=O)oc2ccccc21.